The third-order valence-electron chi connectivity index (χ3n) is 3.20. The third-order valence-corrected chi connectivity index (χ3v) is 3.72. The van der Waals surface area contributed by atoms with Crippen molar-refractivity contribution in [3.05, 3.63) is 63.5 Å². The van der Waals surface area contributed by atoms with Crippen molar-refractivity contribution in [1.29, 1.82) is 0 Å². The van der Waals surface area contributed by atoms with Gasteiger partial charge >= 0.3 is 0 Å². The zero-order valence-electron chi connectivity index (χ0n) is 10.6. The van der Waals surface area contributed by atoms with Crippen LogP contribution in [0.5, 0.6) is 0 Å². The molecule has 1 heterocycles. The molecule has 0 saturated heterocycles. The maximum absolute atomic E-state index is 13.5. The standard InChI is InChI=1S/C15H9Cl2FN2O/c16-8-4-10(17)14-9(6-20-13(14)5-8)15(21)7-1-2-12(19)11(18)3-7/h1-6,20H,19H2. The largest absolute Gasteiger partial charge is 0.396 e. The van der Waals surface area contributed by atoms with Crippen LogP contribution in [0.4, 0.5) is 10.1 Å². The second-order valence-corrected chi connectivity index (χ2v) is 5.42. The van der Waals surface area contributed by atoms with Crippen molar-refractivity contribution >= 4 is 45.6 Å². The number of H-pyrrole nitrogens is 1. The Morgan fingerprint density at radius 3 is 2.67 bits per heavy atom. The lowest BCUT2D eigenvalue weighted by molar-refractivity contribution is 0.104. The number of carbonyl (C=O) groups excluding carboxylic acids is 1. The number of aromatic amines is 1. The van der Waals surface area contributed by atoms with Crippen molar-refractivity contribution in [2.75, 3.05) is 5.73 Å². The van der Waals surface area contributed by atoms with Crippen molar-refractivity contribution in [2.24, 2.45) is 0 Å². The van der Waals surface area contributed by atoms with E-state index in [9.17, 15) is 9.18 Å². The second-order valence-electron chi connectivity index (χ2n) is 4.58. The highest BCUT2D eigenvalue weighted by molar-refractivity contribution is 6.40. The molecular weight excluding hydrogens is 314 g/mol. The van der Waals surface area contributed by atoms with Gasteiger partial charge in [0.25, 0.3) is 0 Å². The Labute approximate surface area is 129 Å². The van der Waals surface area contributed by atoms with E-state index in [1.165, 1.54) is 18.3 Å². The maximum atomic E-state index is 13.5. The summed E-state index contributed by atoms with van der Waals surface area (Å²) in [5.74, 6) is -0.973. The van der Waals surface area contributed by atoms with Crippen LogP contribution >= 0.6 is 23.2 Å². The fraction of sp³-hybridized carbons (Fsp3) is 0. The summed E-state index contributed by atoms with van der Waals surface area (Å²) in [6.45, 7) is 0. The SMILES string of the molecule is Nc1ccc(C(=O)c2c[nH]c3cc(Cl)cc(Cl)c23)cc1F. The van der Waals surface area contributed by atoms with Gasteiger partial charge in [-0.05, 0) is 30.3 Å². The molecule has 0 spiro atoms. The molecule has 3 N–H and O–H groups in total. The summed E-state index contributed by atoms with van der Waals surface area (Å²) in [6, 6.07) is 7.17. The van der Waals surface area contributed by atoms with E-state index in [1.807, 2.05) is 0 Å². The minimum absolute atomic E-state index is 0.00436. The molecule has 0 aliphatic heterocycles. The van der Waals surface area contributed by atoms with Crippen LogP contribution < -0.4 is 5.73 Å². The lowest BCUT2D eigenvalue weighted by atomic mass is 10.0. The number of rotatable bonds is 2. The molecule has 0 amide bonds. The van der Waals surface area contributed by atoms with E-state index in [-0.39, 0.29) is 17.0 Å². The number of fused-ring (bicyclic) bond motifs is 1. The van der Waals surface area contributed by atoms with E-state index in [4.69, 9.17) is 28.9 Å². The van der Waals surface area contributed by atoms with Gasteiger partial charge in [0.15, 0.2) is 5.78 Å². The Balaban J connectivity index is 2.16. The summed E-state index contributed by atoms with van der Waals surface area (Å²) in [5.41, 5.74) is 6.61. The number of aromatic nitrogens is 1. The number of nitrogens with two attached hydrogens (primary N) is 1. The van der Waals surface area contributed by atoms with Gasteiger partial charge in [-0.2, -0.15) is 0 Å². The molecule has 6 heteroatoms. The fourth-order valence-corrected chi connectivity index (χ4v) is 2.78. The zero-order chi connectivity index (χ0) is 15.1. The molecule has 1 aromatic heterocycles. The van der Waals surface area contributed by atoms with Crippen molar-refractivity contribution in [2.45, 2.75) is 0 Å². The Morgan fingerprint density at radius 2 is 1.95 bits per heavy atom. The van der Waals surface area contributed by atoms with Gasteiger partial charge in [0.1, 0.15) is 5.82 Å². The van der Waals surface area contributed by atoms with Crippen molar-refractivity contribution in [1.82, 2.24) is 4.98 Å². The first-order valence-electron chi connectivity index (χ1n) is 6.03. The van der Waals surface area contributed by atoms with Gasteiger partial charge in [0, 0.05) is 33.2 Å². The molecule has 3 aromatic rings. The molecule has 0 fully saturated rings. The van der Waals surface area contributed by atoms with Crippen LogP contribution in [-0.2, 0) is 0 Å². The highest BCUT2D eigenvalue weighted by Gasteiger charge is 2.18. The molecule has 3 rings (SSSR count). The minimum atomic E-state index is -0.630. The first-order chi connectivity index (χ1) is 9.97. The lowest BCUT2D eigenvalue weighted by Crippen LogP contribution is -2.02. The smallest absolute Gasteiger partial charge is 0.195 e. The summed E-state index contributed by atoms with van der Waals surface area (Å²) in [6.07, 6.45) is 1.53. The first kappa shape index (κ1) is 13.9. The number of ketones is 1. The Bertz CT molecular complexity index is 873. The third kappa shape index (κ3) is 2.37. The molecule has 21 heavy (non-hydrogen) atoms. The minimum Gasteiger partial charge on any atom is -0.396 e. The zero-order valence-corrected chi connectivity index (χ0v) is 12.1. The van der Waals surface area contributed by atoms with Gasteiger partial charge < -0.3 is 10.7 Å². The topological polar surface area (TPSA) is 58.9 Å². The van der Waals surface area contributed by atoms with E-state index in [0.717, 1.165) is 6.07 Å². The van der Waals surface area contributed by atoms with Crippen molar-refractivity contribution in [3.8, 4) is 0 Å². The number of hydrogen-bond donors (Lipinski definition) is 2. The van der Waals surface area contributed by atoms with Crippen LogP contribution in [0, 0.1) is 5.82 Å². The van der Waals surface area contributed by atoms with Crippen LogP contribution in [0.3, 0.4) is 0 Å². The number of benzene rings is 2. The van der Waals surface area contributed by atoms with Gasteiger partial charge in [-0.15, -0.1) is 0 Å². The second kappa shape index (κ2) is 5.06. The summed E-state index contributed by atoms with van der Waals surface area (Å²) in [7, 11) is 0. The monoisotopic (exact) mass is 322 g/mol. The van der Waals surface area contributed by atoms with E-state index in [2.05, 4.69) is 4.98 Å². The van der Waals surface area contributed by atoms with Gasteiger partial charge in [-0.25, -0.2) is 4.39 Å². The average Bonchev–Trinajstić information content (AvgIpc) is 2.85. The number of nitrogens with one attached hydrogen (secondary N) is 1. The number of carbonyl (C=O) groups is 1. The van der Waals surface area contributed by atoms with Crippen molar-refractivity contribution < 1.29 is 9.18 Å². The lowest BCUT2D eigenvalue weighted by Gasteiger charge is -2.03. The van der Waals surface area contributed by atoms with Crippen LogP contribution in [0.25, 0.3) is 10.9 Å². The summed E-state index contributed by atoms with van der Waals surface area (Å²) < 4.78 is 13.5. The maximum Gasteiger partial charge on any atom is 0.195 e. The number of nitrogen functional groups attached to an aromatic ring is 1. The molecule has 0 unspecified atom stereocenters. The molecule has 0 atom stereocenters. The molecule has 2 aromatic carbocycles. The van der Waals surface area contributed by atoms with Gasteiger partial charge in [0.05, 0.1) is 10.7 Å². The normalized spacial score (nSPS) is 11.0. The number of hydrogen-bond acceptors (Lipinski definition) is 2. The van der Waals surface area contributed by atoms with Gasteiger partial charge in [-0.3, -0.25) is 4.79 Å². The van der Waals surface area contributed by atoms with Crippen LogP contribution in [0.2, 0.25) is 10.0 Å². The number of anilines is 1. The fourth-order valence-electron chi connectivity index (χ4n) is 2.19. The summed E-state index contributed by atoms with van der Waals surface area (Å²) in [5, 5.41) is 1.38. The van der Waals surface area contributed by atoms with Gasteiger partial charge in [-0.1, -0.05) is 23.2 Å². The van der Waals surface area contributed by atoms with Crippen LogP contribution in [-0.4, -0.2) is 10.8 Å². The van der Waals surface area contributed by atoms with E-state index in [1.54, 1.807) is 12.1 Å². The first-order valence-corrected chi connectivity index (χ1v) is 6.79. The molecule has 0 saturated carbocycles. The molecule has 0 radical (unpaired) electrons. The molecule has 106 valence electrons. The molecule has 0 aliphatic rings. The van der Waals surface area contributed by atoms with E-state index >= 15 is 0 Å². The highest BCUT2D eigenvalue weighted by atomic mass is 35.5. The Kier molecular flexibility index (Phi) is 3.35. The predicted molar refractivity (Wildman–Crippen MR) is 82.6 cm³/mol. The molecular formula is C15H9Cl2FN2O. The number of halogens is 3. The Morgan fingerprint density at radius 1 is 1.19 bits per heavy atom. The summed E-state index contributed by atoms with van der Waals surface area (Å²) >= 11 is 12.1. The van der Waals surface area contributed by atoms with Crippen LogP contribution in [0.1, 0.15) is 15.9 Å². The average molecular weight is 323 g/mol. The molecule has 0 bridgehead atoms. The summed E-state index contributed by atoms with van der Waals surface area (Å²) in [4.78, 5) is 15.4. The Hall–Kier alpha value is -2.04. The highest BCUT2D eigenvalue weighted by Crippen LogP contribution is 2.31. The molecule has 3 nitrogen and oxygen atoms in total. The molecule has 0 aliphatic carbocycles. The van der Waals surface area contributed by atoms with E-state index < -0.39 is 5.82 Å². The predicted octanol–water partition coefficient (Wildman–Crippen LogP) is 4.43. The van der Waals surface area contributed by atoms with Crippen LogP contribution in [0.15, 0.2) is 36.5 Å². The van der Waals surface area contributed by atoms with Crippen molar-refractivity contribution in [3.63, 3.8) is 0 Å². The van der Waals surface area contributed by atoms with Gasteiger partial charge in [0.2, 0.25) is 0 Å². The van der Waals surface area contributed by atoms with E-state index in [0.29, 0.717) is 26.5 Å². The quantitative estimate of drug-likeness (QED) is 0.541.